The van der Waals surface area contributed by atoms with Crippen molar-refractivity contribution in [3.05, 3.63) is 46.3 Å². The molecule has 1 aromatic carbocycles. The van der Waals surface area contributed by atoms with Crippen LogP contribution in [-0.4, -0.2) is 28.0 Å². The maximum Gasteiger partial charge on any atom is 0.353 e. The van der Waals surface area contributed by atoms with E-state index in [1.54, 1.807) is 7.11 Å². The van der Waals surface area contributed by atoms with Crippen LogP contribution in [0, 0.1) is 10.1 Å². The van der Waals surface area contributed by atoms with Gasteiger partial charge in [0.15, 0.2) is 0 Å². The molecule has 1 aromatic heterocycles. The van der Waals surface area contributed by atoms with Crippen molar-refractivity contribution in [1.29, 1.82) is 0 Å². The lowest BCUT2D eigenvalue weighted by Gasteiger charge is -2.14. The number of anilines is 2. The van der Waals surface area contributed by atoms with Crippen LogP contribution in [-0.2, 0) is 6.54 Å². The van der Waals surface area contributed by atoms with Gasteiger partial charge in [-0.05, 0) is 30.5 Å². The van der Waals surface area contributed by atoms with Crippen molar-refractivity contribution in [1.82, 2.24) is 9.97 Å². The predicted octanol–water partition coefficient (Wildman–Crippen LogP) is 3.36. The molecule has 0 atom stereocenters. The summed E-state index contributed by atoms with van der Waals surface area (Å²) in [6, 6.07) is 7.73. The minimum absolute atomic E-state index is 0.108. The Morgan fingerprint density at radius 1 is 1.20 bits per heavy atom. The van der Waals surface area contributed by atoms with Gasteiger partial charge in [0.25, 0.3) is 0 Å². The maximum absolute atomic E-state index is 11.5. The smallest absolute Gasteiger partial charge is 0.353 e. The van der Waals surface area contributed by atoms with Gasteiger partial charge in [-0.25, -0.2) is 9.97 Å². The molecule has 0 unspecified atom stereocenters. The normalized spacial score (nSPS) is 14.3. The van der Waals surface area contributed by atoms with Crippen LogP contribution in [0.4, 0.5) is 17.3 Å². The van der Waals surface area contributed by atoms with Crippen LogP contribution in [0.15, 0.2) is 30.6 Å². The van der Waals surface area contributed by atoms with Crippen molar-refractivity contribution < 1.29 is 9.66 Å². The molecule has 2 aromatic rings. The molecule has 1 saturated carbocycles. The molecule has 0 aliphatic heterocycles. The maximum atomic E-state index is 11.5. The van der Waals surface area contributed by atoms with Crippen LogP contribution in [0.25, 0.3) is 0 Å². The summed E-state index contributed by atoms with van der Waals surface area (Å²) in [5.41, 5.74) is 0.863. The number of rotatable bonds is 7. The molecular formula is C17H21N5O3. The monoisotopic (exact) mass is 343 g/mol. The summed E-state index contributed by atoms with van der Waals surface area (Å²) in [5.74, 6) is 1.26. The fraction of sp³-hybridized carbons (Fsp3) is 0.412. The standard InChI is InChI=1S/C17H21N5O3/c1-25-14-8-6-12(7-9-14)10-18-16-15(22(23)24)17(20-11-19-16)21-13-4-2-3-5-13/h6-9,11,13H,2-5,10H2,1H3,(H2,18,19,20,21). The third-order valence-electron chi connectivity index (χ3n) is 4.32. The van der Waals surface area contributed by atoms with Crippen molar-refractivity contribution in [3.8, 4) is 5.75 Å². The molecule has 1 aliphatic rings. The highest BCUT2D eigenvalue weighted by Gasteiger charge is 2.25. The van der Waals surface area contributed by atoms with Crippen molar-refractivity contribution in [3.63, 3.8) is 0 Å². The molecule has 3 rings (SSSR count). The van der Waals surface area contributed by atoms with Gasteiger partial charge in [-0.2, -0.15) is 0 Å². The summed E-state index contributed by atoms with van der Waals surface area (Å²) in [7, 11) is 1.61. The summed E-state index contributed by atoms with van der Waals surface area (Å²) in [4.78, 5) is 19.2. The fourth-order valence-electron chi connectivity index (χ4n) is 2.98. The molecule has 0 amide bonds. The van der Waals surface area contributed by atoms with Gasteiger partial charge in [0, 0.05) is 12.6 Å². The summed E-state index contributed by atoms with van der Waals surface area (Å²) in [6.07, 6.45) is 5.64. The number of nitrogens with zero attached hydrogens (tertiary/aromatic N) is 3. The summed E-state index contributed by atoms with van der Waals surface area (Å²) in [6.45, 7) is 0.421. The molecule has 0 spiro atoms. The molecule has 0 saturated heterocycles. The SMILES string of the molecule is COc1ccc(CNc2ncnc(NC3CCCC3)c2[N+](=O)[O-])cc1. The van der Waals surface area contributed by atoms with Crippen LogP contribution in [0.3, 0.4) is 0 Å². The molecule has 0 radical (unpaired) electrons. The highest BCUT2D eigenvalue weighted by molar-refractivity contribution is 5.69. The number of nitro groups is 1. The lowest BCUT2D eigenvalue weighted by atomic mass is 10.2. The van der Waals surface area contributed by atoms with Crippen LogP contribution in [0.5, 0.6) is 5.75 Å². The Kier molecular flexibility index (Phi) is 5.27. The number of benzene rings is 1. The Morgan fingerprint density at radius 3 is 2.52 bits per heavy atom. The Balaban J connectivity index is 1.76. The van der Waals surface area contributed by atoms with Gasteiger partial charge in [0.2, 0.25) is 11.6 Å². The van der Waals surface area contributed by atoms with E-state index in [9.17, 15) is 10.1 Å². The first-order chi connectivity index (χ1) is 12.2. The zero-order valence-electron chi connectivity index (χ0n) is 14.1. The lowest BCUT2D eigenvalue weighted by molar-refractivity contribution is -0.383. The Morgan fingerprint density at radius 2 is 1.88 bits per heavy atom. The zero-order valence-corrected chi connectivity index (χ0v) is 14.1. The molecule has 8 heteroatoms. The molecule has 1 heterocycles. The Hall–Kier alpha value is -2.90. The quantitative estimate of drug-likeness (QED) is 0.587. The van der Waals surface area contributed by atoms with E-state index >= 15 is 0 Å². The van der Waals surface area contributed by atoms with E-state index in [4.69, 9.17) is 4.74 Å². The van der Waals surface area contributed by atoms with Gasteiger partial charge in [-0.15, -0.1) is 0 Å². The minimum Gasteiger partial charge on any atom is -0.497 e. The van der Waals surface area contributed by atoms with Crippen LogP contribution in [0.2, 0.25) is 0 Å². The van der Waals surface area contributed by atoms with E-state index in [1.807, 2.05) is 24.3 Å². The summed E-state index contributed by atoms with van der Waals surface area (Å²) in [5, 5.41) is 17.8. The Bertz CT molecular complexity index is 730. The van der Waals surface area contributed by atoms with E-state index in [-0.39, 0.29) is 23.4 Å². The minimum atomic E-state index is -0.437. The highest BCUT2D eigenvalue weighted by Crippen LogP contribution is 2.32. The van der Waals surface area contributed by atoms with Gasteiger partial charge < -0.3 is 15.4 Å². The first-order valence-electron chi connectivity index (χ1n) is 8.30. The van der Waals surface area contributed by atoms with Gasteiger partial charge in [-0.1, -0.05) is 25.0 Å². The third kappa shape index (κ3) is 4.14. The topological polar surface area (TPSA) is 102 Å². The second kappa shape index (κ2) is 7.78. The Labute approximate surface area is 145 Å². The molecule has 8 nitrogen and oxygen atoms in total. The third-order valence-corrected chi connectivity index (χ3v) is 4.32. The fourth-order valence-corrected chi connectivity index (χ4v) is 2.98. The zero-order chi connectivity index (χ0) is 17.6. The summed E-state index contributed by atoms with van der Waals surface area (Å²) < 4.78 is 5.12. The first-order valence-corrected chi connectivity index (χ1v) is 8.30. The number of hydrogen-bond donors (Lipinski definition) is 2. The van der Waals surface area contributed by atoms with E-state index in [0.717, 1.165) is 37.0 Å². The van der Waals surface area contributed by atoms with Gasteiger partial charge in [-0.3, -0.25) is 10.1 Å². The van der Waals surface area contributed by atoms with E-state index < -0.39 is 4.92 Å². The second-order valence-electron chi connectivity index (χ2n) is 6.00. The molecule has 1 fully saturated rings. The molecule has 0 bridgehead atoms. The van der Waals surface area contributed by atoms with Crippen LogP contribution < -0.4 is 15.4 Å². The van der Waals surface area contributed by atoms with Gasteiger partial charge >= 0.3 is 5.69 Å². The molecular weight excluding hydrogens is 322 g/mol. The van der Waals surface area contributed by atoms with Crippen molar-refractivity contribution in [2.24, 2.45) is 0 Å². The average Bonchev–Trinajstić information content (AvgIpc) is 3.13. The van der Waals surface area contributed by atoms with Crippen molar-refractivity contribution in [2.75, 3.05) is 17.7 Å². The second-order valence-corrected chi connectivity index (χ2v) is 6.00. The number of aromatic nitrogens is 2. The average molecular weight is 343 g/mol. The predicted molar refractivity (Wildman–Crippen MR) is 94.9 cm³/mol. The largest absolute Gasteiger partial charge is 0.497 e. The number of hydrogen-bond acceptors (Lipinski definition) is 7. The van der Waals surface area contributed by atoms with Gasteiger partial charge in [0.05, 0.1) is 12.0 Å². The van der Waals surface area contributed by atoms with E-state index in [2.05, 4.69) is 20.6 Å². The van der Waals surface area contributed by atoms with E-state index in [0.29, 0.717) is 6.54 Å². The number of methoxy groups -OCH3 is 1. The van der Waals surface area contributed by atoms with Gasteiger partial charge in [0.1, 0.15) is 12.1 Å². The number of nitrogens with one attached hydrogen (secondary N) is 2. The van der Waals surface area contributed by atoms with Crippen LogP contribution >= 0.6 is 0 Å². The van der Waals surface area contributed by atoms with E-state index in [1.165, 1.54) is 6.33 Å². The molecule has 1 aliphatic carbocycles. The molecule has 2 N–H and O–H groups in total. The summed E-state index contributed by atoms with van der Waals surface area (Å²) >= 11 is 0. The highest BCUT2D eigenvalue weighted by atomic mass is 16.6. The van der Waals surface area contributed by atoms with Crippen LogP contribution in [0.1, 0.15) is 31.2 Å². The first kappa shape index (κ1) is 16.9. The molecule has 132 valence electrons. The van der Waals surface area contributed by atoms with Crippen molar-refractivity contribution in [2.45, 2.75) is 38.3 Å². The molecule has 25 heavy (non-hydrogen) atoms. The van der Waals surface area contributed by atoms with Crippen molar-refractivity contribution >= 4 is 17.3 Å². The number of ether oxygens (including phenoxy) is 1. The lowest BCUT2D eigenvalue weighted by Crippen LogP contribution is -2.18.